The molecule has 6 heteroatoms. The number of hydrogen-bond donors (Lipinski definition) is 1. The van der Waals surface area contributed by atoms with Gasteiger partial charge in [-0.05, 0) is 23.8 Å². The Hall–Kier alpha value is -3.28. The van der Waals surface area contributed by atoms with Gasteiger partial charge in [-0.15, -0.1) is 0 Å². The SMILES string of the molecule is Nc1nc(-c2ccccc2)cn1N=Cc1ccc2c(c1)OCO2. The summed E-state index contributed by atoms with van der Waals surface area (Å²) in [5, 5.41) is 4.36. The predicted molar refractivity (Wildman–Crippen MR) is 87.6 cm³/mol. The normalized spacial score (nSPS) is 12.9. The highest BCUT2D eigenvalue weighted by Gasteiger charge is 2.12. The highest BCUT2D eigenvalue weighted by Crippen LogP contribution is 2.32. The van der Waals surface area contributed by atoms with Crippen molar-refractivity contribution in [2.45, 2.75) is 0 Å². The fraction of sp³-hybridized carbons (Fsp3) is 0.0588. The van der Waals surface area contributed by atoms with Gasteiger partial charge in [0.05, 0.1) is 18.1 Å². The van der Waals surface area contributed by atoms with Crippen LogP contribution < -0.4 is 15.2 Å². The van der Waals surface area contributed by atoms with Gasteiger partial charge in [0.1, 0.15) is 0 Å². The smallest absolute Gasteiger partial charge is 0.231 e. The zero-order chi connectivity index (χ0) is 15.6. The predicted octanol–water partition coefficient (Wildman–Crippen LogP) is 2.74. The van der Waals surface area contributed by atoms with E-state index in [1.165, 1.54) is 0 Å². The molecular weight excluding hydrogens is 292 g/mol. The molecule has 1 aliphatic rings. The van der Waals surface area contributed by atoms with E-state index in [0.717, 1.165) is 28.3 Å². The maximum absolute atomic E-state index is 5.93. The zero-order valence-electron chi connectivity index (χ0n) is 12.2. The van der Waals surface area contributed by atoms with Crippen LogP contribution in [-0.2, 0) is 0 Å². The number of nitrogens with zero attached hydrogens (tertiary/aromatic N) is 3. The molecule has 6 nitrogen and oxygen atoms in total. The molecule has 1 aromatic heterocycles. The number of hydrogen-bond acceptors (Lipinski definition) is 5. The molecule has 0 bridgehead atoms. The average Bonchev–Trinajstić information content (AvgIpc) is 3.19. The Bertz CT molecular complexity index is 872. The van der Waals surface area contributed by atoms with E-state index in [1.807, 2.05) is 48.5 Å². The molecule has 0 aliphatic carbocycles. The molecule has 0 saturated carbocycles. The third-order valence-electron chi connectivity index (χ3n) is 3.51. The molecule has 0 amide bonds. The fourth-order valence-corrected chi connectivity index (χ4v) is 2.35. The molecule has 0 spiro atoms. The van der Waals surface area contributed by atoms with Crippen molar-refractivity contribution in [3.05, 3.63) is 60.3 Å². The maximum Gasteiger partial charge on any atom is 0.231 e. The van der Waals surface area contributed by atoms with Crippen LogP contribution >= 0.6 is 0 Å². The van der Waals surface area contributed by atoms with Gasteiger partial charge in [0.2, 0.25) is 12.7 Å². The first-order valence-corrected chi connectivity index (χ1v) is 7.14. The summed E-state index contributed by atoms with van der Waals surface area (Å²) < 4.78 is 12.2. The van der Waals surface area contributed by atoms with Gasteiger partial charge in [0.15, 0.2) is 11.5 Å². The number of benzene rings is 2. The average molecular weight is 306 g/mol. The molecule has 23 heavy (non-hydrogen) atoms. The fourth-order valence-electron chi connectivity index (χ4n) is 2.35. The monoisotopic (exact) mass is 306 g/mol. The summed E-state index contributed by atoms with van der Waals surface area (Å²) in [7, 11) is 0. The Labute approximate surface area is 132 Å². The van der Waals surface area contributed by atoms with Crippen molar-refractivity contribution in [3.8, 4) is 22.8 Å². The van der Waals surface area contributed by atoms with Crippen molar-refractivity contribution in [2.24, 2.45) is 5.10 Å². The van der Waals surface area contributed by atoms with Crippen LogP contribution in [0.5, 0.6) is 11.5 Å². The number of fused-ring (bicyclic) bond motifs is 1. The molecule has 0 saturated heterocycles. The summed E-state index contributed by atoms with van der Waals surface area (Å²) in [5.74, 6) is 1.80. The van der Waals surface area contributed by atoms with Crippen molar-refractivity contribution in [3.63, 3.8) is 0 Å². The number of ether oxygens (including phenoxy) is 2. The summed E-state index contributed by atoms with van der Waals surface area (Å²) in [6, 6.07) is 15.5. The van der Waals surface area contributed by atoms with Gasteiger partial charge in [0, 0.05) is 5.56 Å². The molecule has 0 fully saturated rings. The van der Waals surface area contributed by atoms with E-state index < -0.39 is 0 Å². The number of anilines is 1. The Morgan fingerprint density at radius 2 is 1.91 bits per heavy atom. The minimum atomic E-state index is 0.255. The third kappa shape index (κ3) is 2.62. The quantitative estimate of drug-likeness (QED) is 0.755. The van der Waals surface area contributed by atoms with E-state index in [2.05, 4.69) is 10.1 Å². The van der Waals surface area contributed by atoms with Crippen molar-refractivity contribution in [2.75, 3.05) is 12.5 Å². The molecule has 2 N–H and O–H groups in total. The summed E-state index contributed by atoms with van der Waals surface area (Å²) >= 11 is 0. The molecule has 4 rings (SSSR count). The van der Waals surface area contributed by atoms with Crippen LogP contribution in [0, 0.1) is 0 Å². The van der Waals surface area contributed by atoms with Gasteiger partial charge in [-0.3, -0.25) is 0 Å². The van der Waals surface area contributed by atoms with Gasteiger partial charge in [-0.1, -0.05) is 30.3 Å². The third-order valence-corrected chi connectivity index (χ3v) is 3.51. The molecule has 0 unspecified atom stereocenters. The summed E-state index contributed by atoms with van der Waals surface area (Å²) in [4.78, 5) is 4.33. The van der Waals surface area contributed by atoms with Crippen LogP contribution in [0.1, 0.15) is 5.56 Å². The number of nitrogen functional groups attached to an aromatic ring is 1. The lowest BCUT2D eigenvalue weighted by Crippen LogP contribution is -1.96. The molecule has 2 heterocycles. The lowest BCUT2D eigenvalue weighted by molar-refractivity contribution is 0.174. The van der Waals surface area contributed by atoms with E-state index in [9.17, 15) is 0 Å². The topological polar surface area (TPSA) is 74.7 Å². The first-order valence-electron chi connectivity index (χ1n) is 7.14. The molecule has 114 valence electrons. The second-order valence-electron chi connectivity index (χ2n) is 5.05. The van der Waals surface area contributed by atoms with Crippen LogP contribution in [0.15, 0.2) is 59.8 Å². The lowest BCUT2D eigenvalue weighted by atomic mass is 10.2. The van der Waals surface area contributed by atoms with Gasteiger partial charge < -0.3 is 15.2 Å². The second kappa shape index (κ2) is 5.49. The Morgan fingerprint density at radius 3 is 2.78 bits per heavy atom. The van der Waals surface area contributed by atoms with E-state index in [4.69, 9.17) is 15.2 Å². The Morgan fingerprint density at radius 1 is 1.09 bits per heavy atom. The van der Waals surface area contributed by atoms with E-state index in [1.54, 1.807) is 17.1 Å². The minimum absolute atomic E-state index is 0.255. The van der Waals surface area contributed by atoms with Crippen LogP contribution in [0.2, 0.25) is 0 Å². The zero-order valence-corrected chi connectivity index (χ0v) is 12.2. The summed E-state index contributed by atoms with van der Waals surface area (Å²) in [6.45, 7) is 0.255. The number of aromatic nitrogens is 2. The minimum Gasteiger partial charge on any atom is -0.454 e. The summed E-state index contributed by atoms with van der Waals surface area (Å²) in [6.07, 6.45) is 3.50. The highest BCUT2D eigenvalue weighted by molar-refractivity contribution is 5.81. The van der Waals surface area contributed by atoms with Crippen LogP contribution in [-0.4, -0.2) is 22.7 Å². The molecular formula is C17H14N4O2. The highest BCUT2D eigenvalue weighted by atomic mass is 16.7. The number of imidazole rings is 1. The van der Waals surface area contributed by atoms with Gasteiger partial charge in [-0.25, -0.2) is 9.66 Å². The molecule has 2 aromatic carbocycles. The molecule has 0 atom stereocenters. The van der Waals surface area contributed by atoms with Gasteiger partial charge in [0.25, 0.3) is 0 Å². The van der Waals surface area contributed by atoms with Crippen molar-refractivity contribution < 1.29 is 9.47 Å². The summed E-state index contributed by atoms with van der Waals surface area (Å²) in [5.41, 5.74) is 8.60. The maximum atomic E-state index is 5.93. The first kappa shape index (κ1) is 13.4. The van der Waals surface area contributed by atoms with Crippen LogP contribution in [0.4, 0.5) is 5.95 Å². The van der Waals surface area contributed by atoms with Crippen LogP contribution in [0.3, 0.4) is 0 Å². The molecule has 0 radical (unpaired) electrons. The molecule has 3 aromatic rings. The van der Waals surface area contributed by atoms with Crippen molar-refractivity contribution in [1.82, 2.24) is 9.66 Å². The van der Waals surface area contributed by atoms with Crippen molar-refractivity contribution >= 4 is 12.2 Å². The Kier molecular flexibility index (Phi) is 3.20. The van der Waals surface area contributed by atoms with E-state index in [-0.39, 0.29) is 6.79 Å². The molecule has 1 aliphatic heterocycles. The van der Waals surface area contributed by atoms with Gasteiger partial charge >= 0.3 is 0 Å². The Balaban J connectivity index is 1.60. The number of rotatable bonds is 3. The number of nitrogens with two attached hydrogens (primary N) is 1. The lowest BCUT2D eigenvalue weighted by Gasteiger charge is -1.98. The standard InChI is InChI=1S/C17H14N4O2/c18-17-20-14(13-4-2-1-3-5-13)10-21(17)19-9-12-6-7-15-16(8-12)23-11-22-15/h1-10H,11H2,(H2,18,20). The largest absolute Gasteiger partial charge is 0.454 e. The van der Waals surface area contributed by atoms with Crippen molar-refractivity contribution in [1.29, 1.82) is 0 Å². The van der Waals surface area contributed by atoms with Crippen LogP contribution in [0.25, 0.3) is 11.3 Å². The van der Waals surface area contributed by atoms with Gasteiger partial charge in [-0.2, -0.15) is 5.10 Å². The van der Waals surface area contributed by atoms with E-state index in [0.29, 0.717) is 5.95 Å². The second-order valence-corrected chi connectivity index (χ2v) is 5.05. The van der Waals surface area contributed by atoms with E-state index >= 15 is 0 Å². The first-order chi connectivity index (χ1) is 11.3.